The van der Waals surface area contributed by atoms with Gasteiger partial charge in [0.05, 0.1) is 28.4 Å². The van der Waals surface area contributed by atoms with Crippen molar-refractivity contribution in [3.8, 4) is 11.4 Å². The van der Waals surface area contributed by atoms with Gasteiger partial charge in [-0.05, 0) is 38.5 Å². The molecule has 2 fully saturated rings. The van der Waals surface area contributed by atoms with Gasteiger partial charge in [0, 0.05) is 43.7 Å². The van der Waals surface area contributed by atoms with Crippen LogP contribution in [0.3, 0.4) is 0 Å². The second-order valence-corrected chi connectivity index (χ2v) is 12.4. The minimum atomic E-state index is -3.51. The van der Waals surface area contributed by atoms with E-state index >= 15 is 0 Å². The van der Waals surface area contributed by atoms with E-state index in [0.717, 1.165) is 25.2 Å². The molecule has 2 amide bonds. The van der Waals surface area contributed by atoms with Crippen LogP contribution in [0.15, 0.2) is 46.9 Å². The normalized spacial score (nSPS) is 21.6. The Labute approximate surface area is 224 Å². The van der Waals surface area contributed by atoms with Crippen LogP contribution < -0.4 is 10.2 Å². The quantitative estimate of drug-likeness (QED) is 0.486. The Morgan fingerprint density at radius 2 is 1.87 bits per heavy atom. The molecule has 11 nitrogen and oxygen atoms in total. The van der Waals surface area contributed by atoms with Crippen molar-refractivity contribution in [3.05, 3.63) is 47.6 Å². The lowest BCUT2D eigenvalue weighted by Crippen LogP contribution is -2.56. The largest absolute Gasteiger partial charge is 0.372 e. The van der Waals surface area contributed by atoms with Crippen LogP contribution in [0, 0.1) is 0 Å². The number of hydrogen-bond donors (Lipinski definition) is 1. The lowest BCUT2D eigenvalue weighted by Gasteiger charge is -2.39. The molecule has 2 saturated heterocycles. The highest BCUT2D eigenvalue weighted by Gasteiger charge is 2.38. The van der Waals surface area contributed by atoms with E-state index in [1.165, 1.54) is 34.7 Å². The van der Waals surface area contributed by atoms with Gasteiger partial charge in [0.2, 0.25) is 5.91 Å². The molecule has 200 valence electrons. The van der Waals surface area contributed by atoms with Crippen LogP contribution in [0.4, 0.5) is 10.9 Å². The number of ether oxygens (including phenoxy) is 1. The molecule has 0 unspecified atom stereocenters. The molecule has 3 aromatic rings. The molecule has 0 radical (unpaired) electrons. The van der Waals surface area contributed by atoms with Crippen LogP contribution in [0.5, 0.6) is 0 Å². The topological polar surface area (TPSA) is 135 Å². The Hall–Kier alpha value is -3.42. The Balaban J connectivity index is 1.25. The van der Waals surface area contributed by atoms with Gasteiger partial charge in [-0.25, -0.2) is 18.4 Å². The summed E-state index contributed by atoms with van der Waals surface area (Å²) >= 11 is 1.28. The Morgan fingerprint density at radius 1 is 1.11 bits per heavy atom. The highest BCUT2D eigenvalue weighted by atomic mass is 32.2. The maximum Gasteiger partial charge on any atom is 0.256 e. The van der Waals surface area contributed by atoms with Crippen LogP contribution in [-0.4, -0.2) is 84.2 Å². The molecule has 0 bridgehead atoms. The molecule has 3 aromatic heterocycles. The molecular weight excluding hydrogens is 528 g/mol. The number of morpholine rings is 1. The average Bonchev–Trinajstić information content (AvgIpc) is 3.31. The second kappa shape index (κ2) is 10.4. The minimum Gasteiger partial charge on any atom is -0.372 e. The first-order chi connectivity index (χ1) is 18.1. The molecule has 0 aliphatic carbocycles. The molecule has 5 rings (SSSR count). The van der Waals surface area contributed by atoms with E-state index in [0.29, 0.717) is 29.5 Å². The third kappa shape index (κ3) is 5.54. The summed E-state index contributed by atoms with van der Waals surface area (Å²) in [5, 5.41) is 5.04. The number of sulfone groups is 1. The van der Waals surface area contributed by atoms with Crippen LogP contribution in [0.25, 0.3) is 11.4 Å². The predicted molar refractivity (Wildman–Crippen MR) is 143 cm³/mol. The number of nitrogens with one attached hydrogen (secondary N) is 1. The van der Waals surface area contributed by atoms with Crippen molar-refractivity contribution < 1.29 is 22.7 Å². The lowest BCUT2D eigenvalue weighted by molar-refractivity contribution is -0.123. The molecule has 13 heteroatoms. The van der Waals surface area contributed by atoms with Gasteiger partial charge in [0.15, 0.2) is 15.0 Å². The van der Waals surface area contributed by atoms with E-state index in [1.807, 2.05) is 37.4 Å². The molecule has 2 aliphatic rings. The van der Waals surface area contributed by atoms with E-state index in [4.69, 9.17) is 9.72 Å². The first-order valence-electron chi connectivity index (χ1n) is 12.2. The zero-order valence-electron chi connectivity index (χ0n) is 21.2. The van der Waals surface area contributed by atoms with Crippen molar-refractivity contribution in [2.45, 2.75) is 43.4 Å². The van der Waals surface area contributed by atoms with Crippen molar-refractivity contribution in [2.75, 3.05) is 36.1 Å². The van der Waals surface area contributed by atoms with Crippen molar-refractivity contribution in [3.63, 3.8) is 0 Å². The van der Waals surface area contributed by atoms with Gasteiger partial charge in [-0.2, -0.15) is 0 Å². The van der Waals surface area contributed by atoms with Gasteiger partial charge >= 0.3 is 0 Å². The maximum atomic E-state index is 13.0. The number of hydrogen-bond acceptors (Lipinski definition) is 10. The molecule has 3 atom stereocenters. The Kier molecular flexibility index (Phi) is 7.16. The summed E-state index contributed by atoms with van der Waals surface area (Å²) in [5.41, 5.74) is 1.47. The van der Waals surface area contributed by atoms with Crippen molar-refractivity contribution >= 4 is 43.9 Å². The van der Waals surface area contributed by atoms with E-state index < -0.39 is 21.8 Å². The number of anilines is 2. The fourth-order valence-electron chi connectivity index (χ4n) is 4.55. The summed E-state index contributed by atoms with van der Waals surface area (Å²) in [7, 11) is -3.51. The number of nitrogens with zero attached hydrogens (tertiary/aromatic N) is 5. The number of pyridine rings is 2. The third-order valence-electron chi connectivity index (χ3n) is 6.45. The minimum absolute atomic E-state index is 0.0458. The number of aromatic nitrogens is 3. The van der Waals surface area contributed by atoms with E-state index in [2.05, 4.69) is 20.2 Å². The number of carbonyl (C=O) groups excluding carboxylic acids is 2. The molecule has 0 saturated carbocycles. The highest BCUT2D eigenvalue weighted by molar-refractivity contribution is 7.90. The third-order valence-corrected chi connectivity index (χ3v) is 8.28. The molecule has 0 spiro atoms. The van der Waals surface area contributed by atoms with Gasteiger partial charge in [0.1, 0.15) is 17.6 Å². The van der Waals surface area contributed by atoms with Gasteiger partial charge in [-0.3, -0.25) is 14.6 Å². The molecule has 38 heavy (non-hydrogen) atoms. The monoisotopic (exact) mass is 556 g/mol. The van der Waals surface area contributed by atoms with E-state index in [9.17, 15) is 18.0 Å². The van der Waals surface area contributed by atoms with Crippen molar-refractivity contribution in [1.82, 2.24) is 19.9 Å². The summed E-state index contributed by atoms with van der Waals surface area (Å²) < 4.78 is 29.5. The van der Waals surface area contributed by atoms with Crippen LogP contribution >= 0.6 is 11.3 Å². The first kappa shape index (κ1) is 26.2. The summed E-state index contributed by atoms with van der Waals surface area (Å²) in [6, 6.07) is 6.38. The molecule has 1 N–H and O–H groups in total. The van der Waals surface area contributed by atoms with E-state index in [-0.39, 0.29) is 28.6 Å². The SMILES string of the molecule is C[C@@H]1CN(c2cccc(-c3csc(NC(=O)[C@H]4CCN4C(=O)c4cncc(S(C)(=O)=O)c4)n3)n2)C[C@H](C)O1. The number of amides is 2. The van der Waals surface area contributed by atoms with Gasteiger partial charge in [0.25, 0.3) is 5.91 Å². The van der Waals surface area contributed by atoms with Crippen LogP contribution in [0.2, 0.25) is 0 Å². The fraction of sp³-hybridized carbons (Fsp3) is 0.400. The fourth-order valence-corrected chi connectivity index (χ4v) is 5.85. The number of thiazole rings is 1. The standard InChI is InChI=1S/C25H28N6O5S2/c1-15-12-30(13-16(2)36-15)22-6-4-5-19(27-22)20-14-37-25(28-20)29-23(32)21-7-8-31(21)24(33)17-9-18(11-26-10-17)38(3,34)35/h4-6,9-11,14-16,21H,7-8,12-13H2,1-3H3,(H,28,29,32)/t15-,16+,21-/m1/s1. The Morgan fingerprint density at radius 3 is 2.55 bits per heavy atom. The lowest BCUT2D eigenvalue weighted by atomic mass is 10.0. The van der Waals surface area contributed by atoms with Gasteiger partial charge in [-0.15, -0.1) is 11.3 Å². The molecule has 0 aromatic carbocycles. The highest BCUT2D eigenvalue weighted by Crippen LogP contribution is 2.28. The maximum absolute atomic E-state index is 13.0. The summed E-state index contributed by atoms with van der Waals surface area (Å²) in [6.07, 6.45) is 4.27. The van der Waals surface area contributed by atoms with E-state index in [1.54, 1.807) is 0 Å². The van der Waals surface area contributed by atoms with Crippen molar-refractivity contribution in [2.24, 2.45) is 0 Å². The molecule has 2 aliphatic heterocycles. The van der Waals surface area contributed by atoms with Crippen LogP contribution in [-0.2, 0) is 19.4 Å². The zero-order chi connectivity index (χ0) is 27.0. The zero-order valence-corrected chi connectivity index (χ0v) is 22.8. The average molecular weight is 557 g/mol. The summed E-state index contributed by atoms with van der Waals surface area (Å²) in [5.74, 6) is 0.0545. The molecular formula is C25H28N6O5S2. The second-order valence-electron chi connectivity index (χ2n) is 9.55. The first-order valence-corrected chi connectivity index (χ1v) is 15.0. The number of likely N-dealkylation sites (tertiary alicyclic amines) is 1. The van der Waals surface area contributed by atoms with Crippen LogP contribution in [0.1, 0.15) is 30.6 Å². The van der Waals surface area contributed by atoms with Crippen molar-refractivity contribution in [1.29, 1.82) is 0 Å². The number of rotatable bonds is 6. The Bertz CT molecular complexity index is 1470. The predicted octanol–water partition coefficient (Wildman–Crippen LogP) is 2.47. The van der Waals surface area contributed by atoms with Gasteiger partial charge in [-0.1, -0.05) is 6.07 Å². The molecule has 5 heterocycles. The summed E-state index contributed by atoms with van der Waals surface area (Å²) in [4.78, 5) is 42.7. The summed E-state index contributed by atoms with van der Waals surface area (Å²) in [6.45, 7) is 5.98. The number of carbonyl (C=O) groups is 2. The van der Waals surface area contributed by atoms with Gasteiger partial charge < -0.3 is 19.9 Å². The smallest absolute Gasteiger partial charge is 0.256 e.